The number of hydrogen-bond acceptors (Lipinski definition) is 16. The van der Waals surface area contributed by atoms with Gasteiger partial charge in [-0.1, -0.05) is 54.6 Å². The van der Waals surface area contributed by atoms with Crippen molar-refractivity contribution in [1.29, 1.82) is 0 Å². The summed E-state index contributed by atoms with van der Waals surface area (Å²) in [6, 6.07) is 41.5. The fourth-order valence-corrected chi connectivity index (χ4v) is 11.3. The molecule has 1 aliphatic heterocycles. The van der Waals surface area contributed by atoms with Crippen LogP contribution in [0.4, 0.5) is 0 Å². The fourth-order valence-electron chi connectivity index (χ4n) is 11.0. The van der Waals surface area contributed by atoms with Gasteiger partial charge in [0.05, 0.1) is 40.8 Å². The summed E-state index contributed by atoms with van der Waals surface area (Å²) in [7, 11) is 1.27. The number of carbonyl (C=O) groups is 1. The molecule has 0 saturated carbocycles. The van der Waals surface area contributed by atoms with Crippen molar-refractivity contribution < 1.29 is 54.7 Å². The molecule has 13 rings (SSSR count). The molecule has 0 aliphatic carbocycles. The molecule has 1 saturated heterocycles. The van der Waals surface area contributed by atoms with Gasteiger partial charge in [-0.05, 0) is 142 Å². The van der Waals surface area contributed by atoms with E-state index in [0.29, 0.717) is 35.2 Å². The van der Waals surface area contributed by atoms with Gasteiger partial charge in [-0.3, -0.25) is 28.8 Å². The fraction of sp³-hybridized carbons (Fsp3) is 0.246. The molecule has 16 nitrogen and oxygen atoms in total. The lowest BCUT2D eigenvalue weighted by Crippen LogP contribution is -2.35. The second-order valence-electron chi connectivity index (χ2n) is 22.3. The van der Waals surface area contributed by atoms with E-state index in [2.05, 4.69) is 44.1 Å². The lowest BCUT2D eigenvalue weighted by atomic mass is 9.93. The summed E-state index contributed by atoms with van der Waals surface area (Å²) in [6.07, 6.45) is 14.3. The summed E-state index contributed by atoms with van der Waals surface area (Å²) in [6.45, 7) is 8.24. The van der Waals surface area contributed by atoms with Crippen LogP contribution in [-0.4, -0.2) is 85.6 Å². The quantitative estimate of drug-likeness (QED) is 0.0796. The van der Waals surface area contributed by atoms with E-state index in [9.17, 15) is 18.3 Å². The van der Waals surface area contributed by atoms with Gasteiger partial charge in [0.25, 0.3) is 10.1 Å². The molecule has 6 aromatic heterocycles. The molecule has 0 amide bonds. The normalized spacial score (nSPS) is 13.2. The molecule has 440 valence electrons. The number of benzene rings is 6. The Hall–Kier alpha value is -9.13. The van der Waals surface area contributed by atoms with E-state index in [1.54, 1.807) is 39.0 Å². The lowest BCUT2D eigenvalue weighted by Gasteiger charge is -2.32. The zero-order valence-corrected chi connectivity index (χ0v) is 49.8. The number of nitrogens with zero attached hydrogens (tertiary/aromatic N) is 4. The minimum absolute atomic E-state index is 0.0823. The molecule has 86 heavy (non-hydrogen) atoms. The molecule has 12 aromatic rings. The largest absolute Gasteiger partial charge is 0.496 e. The average molecular weight is 1180 g/mol. The number of fused-ring (bicyclic) bond motifs is 6. The van der Waals surface area contributed by atoms with Crippen LogP contribution in [0.3, 0.4) is 0 Å². The van der Waals surface area contributed by atoms with Crippen molar-refractivity contribution in [3.05, 3.63) is 181 Å². The summed E-state index contributed by atoms with van der Waals surface area (Å²) in [5.74, 6) is 4.60. The van der Waals surface area contributed by atoms with E-state index in [4.69, 9.17) is 36.4 Å². The highest BCUT2D eigenvalue weighted by atomic mass is 32.2. The molecule has 0 atom stereocenters. The third-order valence-corrected chi connectivity index (χ3v) is 15.7. The van der Waals surface area contributed by atoms with E-state index < -0.39 is 15.7 Å². The Kier molecular flexibility index (Phi) is 17.2. The Morgan fingerprint density at radius 2 is 0.953 bits per heavy atom. The van der Waals surface area contributed by atoms with Crippen LogP contribution in [0.15, 0.2) is 178 Å². The van der Waals surface area contributed by atoms with Crippen LogP contribution in [-0.2, 0) is 43.6 Å². The topological polar surface area (TPSA) is 199 Å². The van der Waals surface area contributed by atoms with Crippen molar-refractivity contribution in [2.45, 2.75) is 65.4 Å². The maximum atomic E-state index is 12.2. The summed E-state index contributed by atoms with van der Waals surface area (Å²) in [5, 5.41) is 18.5. The minimum Gasteiger partial charge on any atom is -0.496 e. The van der Waals surface area contributed by atoms with Crippen LogP contribution in [0.5, 0.6) is 17.2 Å². The van der Waals surface area contributed by atoms with Crippen molar-refractivity contribution in [2.24, 2.45) is 5.92 Å². The number of aliphatic hydroxyl groups is 1. The molecule has 6 aromatic carbocycles. The van der Waals surface area contributed by atoms with Gasteiger partial charge in [-0.2, -0.15) is 8.42 Å². The van der Waals surface area contributed by atoms with Crippen molar-refractivity contribution >= 4 is 81.3 Å². The number of aromatic nitrogens is 3. The van der Waals surface area contributed by atoms with Crippen molar-refractivity contribution in [3.8, 4) is 51.2 Å². The maximum absolute atomic E-state index is 12.2. The summed E-state index contributed by atoms with van der Waals surface area (Å²) in [4.78, 5) is 27.8. The maximum Gasteiger partial charge on any atom is 0.306 e. The number of pyridine rings is 3. The van der Waals surface area contributed by atoms with E-state index in [1.165, 1.54) is 7.11 Å². The number of furan rings is 3. The first-order chi connectivity index (χ1) is 41.5. The van der Waals surface area contributed by atoms with Crippen molar-refractivity contribution in [3.63, 3.8) is 0 Å². The number of carbonyl (C=O) groups excluding carboxylic acids is 1. The smallest absolute Gasteiger partial charge is 0.306 e. The summed E-state index contributed by atoms with van der Waals surface area (Å²) in [5.41, 5.74) is 7.26. The molecule has 17 heteroatoms. The number of methoxy groups -OCH3 is 3. The molecule has 1 fully saturated rings. The predicted molar refractivity (Wildman–Crippen MR) is 335 cm³/mol. The number of rotatable bonds is 14. The van der Waals surface area contributed by atoms with E-state index >= 15 is 0 Å². The first-order valence-electron chi connectivity index (χ1n) is 28.2. The van der Waals surface area contributed by atoms with Gasteiger partial charge < -0.3 is 37.3 Å². The highest BCUT2D eigenvalue weighted by Crippen LogP contribution is 2.39. The molecule has 0 spiro atoms. The second-order valence-corrected chi connectivity index (χ2v) is 23.9. The van der Waals surface area contributed by atoms with Crippen LogP contribution < -0.4 is 14.2 Å². The van der Waals surface area contributed by atoms with Gasteiger partial charge in [-0.25, -0.2) is 0 Å². The van der Waals surface area contributed by atoms with E-state index in [1.807, 2.05) is 136 Å². The first-order valence-corrected chi connectivity index (χ1v) is 30.1. The Morgan fingerprint density at radius 3 is 1.35 bits per heavy atom. The number of hydrogen-bond donors (Lipinski definition) is 1. The third kappa shape index (κ3) is 13.4. The first kappa shape index (κ1) is 58.6. The molecule has 1 N–H and O–H groups in total. The lowest BCUT2D eigenvalue weighted by molar-refractivity contribution is -0.156. The Labute approximate surface area is 498 Å². The van der Waals surface area contributed by atoms with E-state index in [-0.39, 0.29) is 19.2 Å². The van der Waals surface area contributed by atoms with Crippen LogP contribution in [0.2, 0.25) is 0 Å². The van der Waals surface area contributed by atoms with Crippen LogP contribution in [0.1, 0.15) is 56.7 Å². The predicted octanol–water partition coefficient (Wildman–Crippen LogP) is 14.9. The van der Waals surface area contributed by atoms with Crippen LogP contribution in [0.25, 0.3) is 99.2 Å². The molecule has 1 aliphatic rings. The van der Waals surface area contributed by atoms with Crippen LogP contribution >= 0.6 is 0 Å². The molecule has 0 unspecified atom stereocenters. The Morgan fingerprint density at radius 1 is 0.558 bits per heavy atom. The van der Waals surface area contributed by atoms with Crippen molar-refractivity contribution in [2.75, 3.05) is 40.7 Å². The molecular formula is C69H66N4O12S. The van der Waals surface area contributed by atoms with Crippen molar-refractivity contribution in [1.82, 2.24) is 19.9 Å². The molecule has 7 heterocycles. The Balaban J connectivity index is 0.000000138. The molecular weight excluding hydrogens is 1110 g/mol. The number of likely N-dealkylation sites (tertiary alicyclic amines) is 1. The zero-order chi connectivity index (χ0) is 60.1. The number of aliphatic hydroxyl groups excluding tert-OH is 1. The summed E-state index contributed by atoms with van der Waals surface area (Å²) < 4.78 is 67.8. The Bertz CT molecular complexity index is 4440. The van der Waals surface area contributed by atoms with Gasteiger partial charge >= 0.3 is 5.97 Å². The standard InChI is InChI=1S/C30H34N2O4.C20H17NO5S.C19H15NO3/c1-30(2,3)36-29(33)13-20-9-11-32(12-10-20)19-23-14-24-22(16-27(23)34-4)17-31-18-25(24)28-15-21-7-5-6-8-26(21)35-28;1-24-19-9-14-10-21-11-17(16(14)7-15(19)12-25-27(2,22)23)20-8-13-5-3-4-6-18(13)26-20;1-22-18-8-13-9-20-10-16(15(13)6-14(18)11-21)19-7-12-4-2-3-5-17(12)23-19/h5-8,14-18,20H,9-13,19H2,1-4H3;3-11H,12H2,1-2H3;2-10,21H,11H2,1H3. The average Bonchev–Trinajstić information content (AvgIpc) is 2.52. The minimum atomic E-state index is -3.57. The zero-order valence-electron chi connectivity index (χ0n) is 49.0. The highest BCUT2D eigenvalue weighted by Gasteiger charge is 2.26. The molecule has 0 bridgehead atoms. The number of para-hydroxylation sites is 3. The van der Waals surface area contributed by atoms with E-state index in [0.717, 1.165) is 149 Å². The number of ether oxygens (including phenoxy) is 4. The monoisotopic (exact) mass is 1170 g/mol. The van der Waals surface area contributed by atoms with Gasteiger partial charge in [-0.15, -0.1) is 0 Å². The summed E-state index contributed by atoms with van der Waals surface area (Å²) >= 11 is 0. The van der Waals surface area contributed by atoms with Gasteiger partial charge in [0.1, 0.15) is 56.9 Å². The molecule has 0 radical (unpaired) electrons. The van der Waals surface area contributed by atoms with Crippen LogP contribution in [0, 0.1) is 5.92 Å². The SMILES string of the molecule is COc1cc2cncc(-c3cc4ccccc4o3)c2cc1CN1CCC(CC(=O)OC(C)(C)C)CC1.COc1cc2cncc(-c3cc4ccccc4o3)c2cc1CO.COc1cc2cncc(-c3cc4ccccc4o3)c2cc1COS(C)(=O)=O. The number of esters is 1. The third-order valence-electron chi connectivity index (χ3n) is 15.1. The van der Waals surface area contributed by atoms with Gasteiger partial charge in [0, 0.05) is 116 Å². The highest BCUT2D eigenvalue weighted by molar-refractivity contribution is 7.85. The number of piperidine rings is 1. The van der Waals surface area contributed by atoms with Gasteiger partial charge in [0.2, 0.25) is 0 Å². The second kappa shape index (κ2) is 25.2. The van der Waals surface area contributed by atoms with Gasteiger partial charge in [0.15, 0.2) is 0 Å².